The average Bonchev–Trinajstić information content (AvgIpc) is 3.22. The maximum absolute atomic E-state index is 12.6. The monoisotopic (exact) mass is 358 g/mol. The molecule has 1 saturated heterocycles. The number of carbonyl (C=O) groups is 3. The second-order valence-electron chi connectivity index (χ2n) is 7.74. The van der Waals surface area contributed by atoms with Crippen molar-refractivity contribution < 1.29 is 19.5 Å². The summed E-state index contributed by atoms with van der Waals surface area (Å²) in [6.45, 7) is 4.51. The molecule has 0 bridgehead atoms. The van der Waals surface area contributed by atoms with Gasteiger partial charge in [-0.3, -0.25) is 9.59 Å². The van der Waals surface area contributed by atoms with Gasteiger partial charge in [0.15, 0.2) is 0 Å². The Hall–Kier alpha value is -2.37. The maximum atomic E-state index is 12.6. The molecule has 2 amide bonds. The summed E-state index contributed by atoms with van der Waals surface area (Å²) in [4.78, 5) is 38.3. The number of rotatable bonds is 5. The minimum atomic E-state index is -1.16. The molecule has 2 fully saturated rings. The molecule has 1 aromatic rings. The maximum Gasteiger partial charge on any atom is 0.329 e. The summed E-state index contributed by atoms with van der Waals surface area (Å²) >= 11 is 0. The Bertz CT molecular complexity index is 705. The largest absolute Gasteiger partial charge is 0.480 e. The molecule has 0 aromatic heterocycles. The van der Waals surface area contributed by atoms with Crippen LogP contribution in [0, 0.1) is 5.92 Å². The van der Waals surface area contributed by atoms with Crippen molar-refractivity contribution >= 4 is 23.5 Å². The van der Waals surface area contributed by atoms with E-state index in [0.29, 0.717) is 25.3 Å². The van der Waals surface area contributed by atoms with Crippen LogP contribution in [0.25, 0.3) is 0 Å². The van der Waals surface area contributed by atoms with Gasteiger partial charge in [-0.25, -0.2) is 4.79 Å². The van der Waals surface area contributed by atoms with Crippen LogP contribution in [0.3, 0.4) is 0 Å². The van der Waals surface area contributed by atoms with Crippen molar-refractivity contribution in [1.82, 2.24) is 5.32 Å². The topological polar surface area (TPSA) is 86.7 Å². The number of carboxylic acids is 1. The molecule has 1 aliphatic heterocycles. The third-order valence-electron chi connectivity index (χ3n) is 5.60. The van der Waals surface area contributed by atoms with Gasteiger partial charge in [0, 0.05) is 18.7 Å². The van der Waals surface area contributed by atoms with Gasteiger partial charge >= 0.3 is 5.97 Å². The fourth-order valence-corrected chi connectivity index (χ4v) is 3.88. The number of anilines is 1. The van der Waals surface area contributed by atoms with Gasteiger partial charge in [0.2, 0.25) is 11.8 Å². The van der Waals surface area contributed by atoms with Crippen molar-refractivity contribution in [2.45, 2.75) is 57.4 Å². The van der Waals surface area contributed by atoms with E-state index < -0.39 is 17.4 Å². The lowest BCUT2D eigenvalue weighted by Crippen LogP contribution is -2.54. The molecule has 0 radical (unpaired) electrons. The third-order valence-corrected chi connectivity index (χ3v) is 5.60. The van der Waals surface area contributed by atoms with Gasteiger partial charge in [0.1, 0.15) is 5.54 Å². The molecule has 2 aliphatic rings. The zero-order chi connectivity index (χ0) is 18.9. The minimum absolute atomic E-state index is 0.0988. The molecule has 1 saturated carbocycles. The van der Waals surface area contributed by atoms with E-state index in [0.717, 1.165) is 18.5 Å². The summed E-state index contributed by atoms with van der Waals surface area (Å²) in [5.74, 6) is -1.50. The van der Waals surface area contributed by atoms with Crippen LogP contribution in [0.1, 0.15) is 57.4 Å². The molecule has 0 spiro atoms. The summed E-state index contributed by atoms with van der Waals surface area (Å²) in [6, 6.07) is 7.81. The van der Waals surface area contributed by atoms with E-state index in [1.807, 2.05) is 24.3 Å². The molecule has 6 heteroatoms. The van der Waals surface area contributed by atoms with Crippen molar-refractivity contribution in [2.75, 3.05) is 11.4 Å². The Labute approximate surface area is 153 Å². The Morgan fingerprint density at radius 1 is 1.19 bits per heavy atom. The first-order valence-corrected chi connectivity index (χ1v) is 9.28. The fraction of sp³-hybridized carbons (Fsp3) is 0.550. The van der Waals surface area contributed by atoms with E-state index in [4.69, 9.17) is 0 Å². The number of carboxylic acid groups (broad SMARTS) is 1. The van der Waals surface area contributed by atoms with Crippen LogP contribution >= 0.6 is 0 Å². The Morgan fingerprint density at radius 2 is 1.81 bits per heavy atom. The Morgan fingerprint density at radius 3 is 2.35 bits per heavy atom. The van der Waals surface area contributed by atoms with Gasteiger partial charge in [0.05, 0.1) is 5.92 Å². The van der Waals surface area contributed by atoms with E-state index in [2.05, 4.69) is 19.2 Å². The molecule has 2 N–H and O–H groups in total. The molecule has 1 atom stereocenters. The van der Waals surface area contributed by atoms with E-state index in [9.17, 15) is 19.5 Å². The smallest absolute Gasteiger partial charge is 0.329 e. The van der Waals surface area contributed by atoms with Crippen molar-refractivity contribution in [1.29, 1.82) is 0 Å². The van der Waals surface area contributed by atoms with Gasteiger partial charge in [-0.05, 0) is 36.5 Å². The molecule has 1 aromatic carbocycles. The second-order valence-corrected chi connectivity index (χ2v) is 7.74. The van der Waals surface area contributed by atoms with Crippen LogP contribution in [0.2, 0.25) is 0 Å². The Balaban J connectivity index is 1.69. The van der Waals surface area contributed by atoms with E-state index in [1.54, 1.807) is 4.90 Å². The first kappa shape index (κ1) is 18.4. The number of nitrogens with zero attached hydrogens (tertiary/aromatic N) is 1. The lowest BCUT2D eigenvalue weighted by molar-refractivity contribution is -0.148. The number of hydrogen-bond donors (Lipinski definition) is 2. The molecule has 0 unspecified atom stereocenters. The molecule has 1 aliphatic carbocycles. The molecule has 140 valence electrons. The first-order valence-electron chi connectivity index (χ1n) is 9.28. The van der Waals surface area contributed by atoms with Crippen molar-refractivity contribution in [3.63, 3.8) is 0 Å². The number of nitrogens with one attached hydrogen (secondary N) is 1. The van der Waals surface area contributed by atoms with Gasteiger partial charge in [0.25, 0.3) is 0 Å². The summed E-state index contributed by atoms with van der Waals surface area (Å²) in [5.41, 5.74) is 0.815. The number of amides is 2. The van der Waals surface area contributed by atoms with Gasteiger partial charge < -0.3 is 15.3 Å². The highest BCUT2D eigenvalue weighted by Gasteiger charge is 2.45. The highest BCUT2D eigenvalue weighted by molar-refractivity contribution is 6.01. The predicted molar refractivity (Wildman–Crippen MR) is 98.0 cm³/mol. The average molecular weight is 358 g/mol. The lowest BCUT2D eigenvalue weighted by Gasteiger charge is -2.27. The van der Waals surface area contributed by atoms with Gasteiger partial charge in [-0.15, -0.1) is 0 Å². The van der Waals surface area contributed by atoms with E-state index in [-0.39, 0.29) is 18.2 Å². The molecular formula is C20H26N2O4. The Kier molecular flexibility index (Phi) is 5.03. The number of carbonyl (C=O) groups excluding carboxylic acids is 2. The molecular weight excluding hydrogens is 332 g/mol. The van der Waals surface area contributed by atoms with Gasteiger partial charge in [-0.2, -0.15) is 0 Å². The van der Waals surface area contributed by atoms with Crippen molar-refractivity contribution in [2.24, 2.45) is 5.92 Å². The summed E-state index contributed by atoms with van der Waals surface area (Å²) in [6.07, 6.45) is 2.62. The van der Waals surface area contributed by atoms with Crippen LogP contribution in [0.4, 0.5) is 5.69 Å². The van der Waals surface area contributed by atoms with Crippen LogP contribution < -0.4 is 10.2 Å². The fourth-order valence-electron chi connectivity index (χ4n) is 3.88. The van der Waals surface area contributed by atoms with Crippen LogP contribution in [-0.2, 0) is 14.4 Å². The summed E-state index contributed by atoms with van der Waals surface area (Å²) in [5, 5.41) is 12.2. The molecule has 26 heavy (non-hydrogen) atoms. The summed E-state index contributed by atoms with van der Waals surface area (Å²) < 4.78 is 0. The van der Waals surface area contributed by atoms with Crippen LogP contribution in [-0.4, -0.2) is 35.0 Å². The number of aliphatic carboxylic acids is 1. The molecule has 3 rings (SSSR count). The SMILES string of the molecule is CC(C)c1ccc(N2C[C@H](C(=O)NC3(C(=O)O)CCCC3)CC2=O)cc1. The van der Waals surface area contributed by atoms with Crippen molar-refractivity contribution in [3.8, 4) is 0 Å². The number of benzene rings is 1. The molecule has 1 heterocycles. The van der Waals surface area contributed by atoms with Crippen molar-refractivity contribution in [3.05, 3.63) is 29.8 Å². The lowest BCUT2D eigenvalue weighted by atomic mass is 9.96. The van der Waals surface area contributed by atoms with Gasteiger partial charge in [-0.1, -0.05) is 38.8 Å². The minimum Gasteiger partial charge on any atom is -0.480 e. The van der Waals surface area contributed by atoms with E-state index in [1.165, 1.54) is 5.56 Å². The quantitative estimate of drug-likeness (QED) is 0.847. The summed E-state index contributed by atoms with van der Waals surface area (Å²) in [7, 11) is 0. The first-order chi connectivity index (χ1) is 12.3. The number of hydrogen-bond acceptors (Lipinski definition) is 3. The second kappa shape index (κ2) is 7.09. The zero-order valence-corrected chi connectivity index (χ0v) is 15.3. The molecule has 6 nitrogen and oxygen atoms in total. The normalized spacial score (nSPS) is 22.0. The van der Waals surface area contributed by atoms with E-state index >= 15 is 0 Å². The highest BCUT2D eigenvalue weighted by atomic mass is 16.4. The van der Waals surface area contributed by atoms with Crippen LogP contribution in [0.5, 0.6) is 0 Å². The standard InChI is InChI=1S/C20H26N2O4/c1-13(2)14-5-7-16(8-6-14)22-12-15(11-17(22)23)18(24)21-20(19(25)26)9-3-4-10-20/h5-8,13,15H,3-4,9-12H2,1-2H3,(H,21,24)(H,25,26)/t15-/m1/s1. The zero-order valence-electron chi connectivity index (χ0n) is 15.3. The predicted octanol–water partition coefficient (Wildman–Crippen LogP) is 2.68. The highest BCUT2D eigenvalue weighted by Crippen LogP contribution is 2.32. The van der Waals surface area contributed by atoms with Crippen LogP contribution in [0.15, 0.2) is 24.3 Å². The third kappa shape index (κ3) is 3.45.